The number of aliphatic hydroxyl groups excluding tert-OH is 1. The van der Waals surface area contributed by atoms with Crippen LogP contribution < -0.4 is 0 Å². The zero-order chi connectivity index (χ0) is 2.71. The summed E-state index contributed by atoms with van der Waals surface area (Å²) >= 11 is 0. The predicted octanol–water partition coefficient (Wildman–Crippen LogP) is -0.809. The number of hydrogen-bond acceptors (Lipinski definition) is 2. The van der Waals surface area contributed by atoms with Gasteiger partial charge in [0, 0.05) is 0 Å². The molecule has 0 saturated heterocycles. The molecular weight excluding hydrogens is 81.1 g/mol. The van der Waals surface area contributed by atoms with Crippen molar-refractivity contribution in [3.8, 4) is 6.26 Å². The average molecular weight is 83.1 g/mol. The number of aliphatic hydroxyl groups is 1. The summed E-state index contributed by atoms with van der Waals surface area (Å²) < 4.78 is 0. The molecule has 3 heteroatoms. The second-order valence-corrected chi connectivity index (χ2v) is 0.100. The first-order valence-electron chi connectivity index (χ1n) is 0.447. The minimum atomic E-state index is 0. The molecule has 0 aromatic rings. The van der Waals surface area contributed by atoms with Crippen LogP contribution in [-0.4, -0.2) is 56.5 Å². The Morgan fingerprint density at radius 2 is 1.75 bits per heavy atom. The average Bonchev–Trinajstić information content (AvgIpc) is 0.918. The molecule has 0 fully saturated rings. The molecule has 0 aliphatic carbocycles. The van der Waals surface area contributed by atoms with Gasteiger partial charge in [0.15, 0.2) is 0 Å². The molecule has 0 radical (unpaired) electrons. The Kier molecular flexibility index (Phi) is 20.1. The van der Waals surface area contributed by atoms with Gasteiger partial charge >= 0.3 is 51.4 Å². The number of nitriles is 1. The molecule has 0 amide bonds. The van der Waals surface area contributed by atoms with E-state index in [0.29, 0.717) is 0 Å². The van der Waals surface area contributed by atoms with Gasteiger partial charge in [-0.05, 0) is 0 Å². The summed E-state index contributed by atoms with van der Waals surface area (Å²) in [7, 11) is 0. The van der Waals surface area contributed by atoms with Crippen LogP contribution in [0, 0.1) is 11.5 Å². The van der Waals surface area contributed by atoms with E-state index >= 15 is 0 Å². The van der Waals surface area contributed by atoms with Crippen LogP contribution >= 0.6 is 0 Å². The fraction of sp³-hybridized carbons (Fsp3) is 0. The maximum atomic E-state index is 6.88. The van der Waals surface area contributed by atoms with Crippen LogP contribution in [0.2, 0.25) is 0 Å². The van der Waals surface area contributed by atoms with Crippen molar-refractivity contribution in [2.45, 2.75) is 0 Å². The van der Waals surface area contributed by atoms with Crippen LogP contribution in [0.1, 0.15) is 0 Å². The normalized spacial score (nSPS) is 1.75. The molecule has 0 aromatic heterocycles. The van der Waals surface area contributed by atoms with E-state index in [4.69, 9.17) is 10.4 Å². The van der Waals surface area contributed by atoms with Gasteiger partial charge in [-0.3, -0.25) is 0 Å². The Bertz CT molecular complexity index is 29.5. The summed E-state index contributed by atoms with van der Waals surface area (Å²) in [5, 5.41) is 13.8. The quantitative estimate of drug-likeness (QED) is 0.307. The van der Waals surface area contributed by atoms with Gasteiger partial charge in [0.2, 0.25) is 0 Å². The van der Waals surface area contributed by atoms with Crippen LogP contribution in [0.25, 0.3) is 0 Å². The Balaban J connectivity index is 0. The van der Waals surface area contributed by atoms with E-state index in [-0.39, 0.29) is 51.4 Å². The monoisotopic (exact) mass is 83.0 g/mol. The molecule has 0 aliphatic rings. The molecular formula is CH2KNO. The van der Waals surface area contributed by atoms with Crippen LogP contribution in [-0.2, 0) is 0 Å². The van der Waals surface area contributed by atoms with Gasteiger partial charge in [-0.25, -0.2) is 0 Å². The van der Waals surface area contributed by atoms with Crippen molar-refractivity contribution >= 4 is 51.4 Å². The van der Waals surface area contributed by atoms with E-state index in [1.807, 2.05) is 0 Å². The van der Waals surface area contributed by atoms with E-state index in [1.54, 1.807) is 0 Å². The molecule has 0 aromatic carbocycles. The summed E-state index contributed by atoms with van der Waals surface area (Å²) in [5.74, 6) is 0. The Morgan fingerprint density at radius 1 is 1.75 bits per heavy atom. The van der Waals surface area contributed by atoms with Crippen molar-refractivity contribution in [2.75, 3.05) is 0 Å². The third-order valence-corrected chi connectivity index (χ3v) is 0. The van der Waals surface area contributed by atoms with Crippen molar-refractivity contribution < 1.29 is 5.11 Å². The van der Waals surface area contributed by atoms with Gasteiger partial charge in [0.25, 0.3) is 6.26 Å². The molecule has 0 saturated carbocycles. The van der Waals surface area contributed by atoms with E-state index in [0.717, 1.165) is 6.26 Å². The Hall–Kier alpha value is 0.926. The number of hydrogen-bond donors (Lipinski definition) is 1. The fourth-order valence-corrected chi connectivity index (χ4v) is 0. The van der Waals surface area contributed by atoms with Gasteiger partial charge in [-0.2, -0.15) is 5.26 Å². The van der Waals surface area contributed by atoms with Crippen LogP contribution in [0.15, 0.2) is 0 Å². The second-order valence-electron chi connectivity index (χ2n) is 0.100. The molecule has 18 valence electrons. The Labute approximate surface area is 66.8 Å². The van der Waals surface area contributed by atoms with E-state index in [1.165, 1.54) is 0 Å². The number of rotatable bonds is 0. The summed E-state index contributed by atoms with van der Waals surface area (Å²) in [6, 6.07) is 0. The fourth-order valence-electron chi connectivity index (χ4n) is 0. The van der Waals surface area contributed by atoms with Gasteiger partial charge < -0.3 is 5.11 Å². The van der Waals surface area contributed by atoms with Crippen LogP contribution in [0.3, 0.4) is 0 Å². The van der Waals surface area contributed by atoms with Crippen molar-refractivity contribution in [1.29, 1.82) is 5.26 Å². The third kappa shape index (κ3) is 12.7. The van der Waals surface area contributed by atoms with Crippen molar-refractivity contribution in [1.82, 2.24) is 0 Å². The molecule has 0 atom stereocenters. The molecule has 1 N–H and O–H groups in total. The second kappa shape index (κ2) is 9.06. The van der Waals surface area contributed by atoms with Gasteiger partial charge in [-0.1, -0.05) is 0 Å². The third-order valence-electron chi connectivity index (χ3n) is 0. The topological polar surface area (TPSA) is 44.0 Å². The summed E-state index contributed by atoms with van der Waals surface area (Å²) in [6.45, 7) is 0. The molecule has 2 nitrogen and oxygen atoms in total. The predicted molar refractivity (Wildman–Crippen MR) is 14.7 cm³/mol. The van der Waals surface area contributed by atoms with Gasteiger partial charge in [0.1, 0.15) is 0 Å². The maximum absolute atomic E-state index is 6.88. The summed E-state index contributed by atoms with van der Waals surface area (Å²) in [4.78, 5) is 0. The van der Waals surface area contributed by atoms with E-state index in [2.05, 4.69) is 0 Å². The number of nitrogens with zero attached hydrogens (tertiary/aromatic N) is 1. The molecule has 4 heavy (non-hydrogen) atoms. The van der Waals surface area contributed by atoms with Crippen molar-refractivity contribution in [2.24, 2.45) is 0 Å². The zero-order valence-corrected chi connectivity index (χ0v) is 1.39. The SMILES string of the molecule is N#CO.[KH]. The van der Waals surface area contributed by atoms with E-state index in [9.17, 15) is 0 Å². The van der Waals surface area contributed by atoms with Gasteiger partial charge in [-0.15, -0.1) is 0 Å². The van der Waals surface area contributed by atoms with Gasteiger partial charge in [0.05, 0.1) is 0 Å². The van der Waals surface area contributed by atoms with Crippen LogP contribution in [0.5, 0.6) is 0 Å². The van der Waals surface area contributed by atoms with Crippen molar-refractivity contribution in [3.63, 3.8) is 0 Å². The minimum absolute atomic E-state index is 0. The molecule has 0 unspecified atom stereocenters. The Morgan fingerprint density at radius 3 is 1.75 bits per heavy atom. The molecule has 0 bridgehead atoms. The van der Waals surface area contributed by atoms with Crippen molar-refractivity contribution in [3.05, 3.63) is 0 Å². The van der Waals surface area contributed by atoms with E-state index < -0.39 is 0 Å². The summed E-state index contributed by atoms with van der Waals surface area (Å²) in [5.41, 5.74) is 0. The van der Waals surface area contributed by atoms with Crippen LogP contribution in [0.4, 0.5) is 0 Å². The molecule has 0 spiro atoms. The molecule has 0 heterocycles. The first-order chi connectivity index (χ1) is 1.41. The standard InChI is InChI=1S/CHNO.K.H/c2-1-3;;/h3H;;. The first kappa shape index (κ1) is 8.87. The molecule has 0 aliphatic heterocycles. The molecule has 0 rings (SSSR count). The zero-order valence-electron chi connectivity index (χ0n) is 1.39. The first-order valence-corrected chi connectivity index (χ1v) is 0.447. The summed E-state index contributed by atoms with van der Waals surface area (Å²) in [6.07, 6.45) is 0.750.